The Hall–Kier alpha value is -1.47. The van der Waals surface area contributed by atoms with E-state index in [2.05, 4.69) is 9.78 Å². The molecule has 0 aliphatic carbocycles. The van der Waals surface area contributed by atoms with Gasteiger partial charge in [-0.25, -0.2) is 9.59 Å². The molecule has 12 heavy (non-hydrogen) atoms. The van der Waals surface area contributed by atoms with Crippen molar-refractivity contribution in [1.29, 1.82) is 0 Å². The first kappa shape index (κ1) is 10.5. The van der Waals surface area contributed by atoms with Crippen molar-refractivity contribution in [1.82, 2.24) is 0 Å². The van der Waals surface area contributed by atoms with E-state index in [-0.39, 0.29) is 0 Å². The van der Waals surface area contributed by atoms with E-state index in [1.165, 1.54) is 0 Å². The third kappa shape index (κ3) is 2.64. The Morgan fingerprint density at radius 3 is 2.17 bits per heavy atom. The van der Waals surface area contributed by atoms with Crippen molar-refractivity contribution in [2.24, 2.45) is 0 Å². The van der Waals surface area contributed by atoms with Crippen LogP contribution in [0, 0.1) is 0 Å². The van der Waals surface area contributed by atoms with Crippen molar-refractivity contribution < 1.29 is 34.4 Å². The van der Waals surface area contributed by atoms with Gasteiger partial charge in [0.15, 0.2) is 0 Å². The maximum Gasteiger partial charge on any atom is 0.411 e. The molecule has 0 bridgehead atoms. The quantitative estimate of drug-likeness (QED) is 0.224. The molecule has 68 valence electrons. The molecule has 0 radical (unpaired) electrons. The number of hydrogen-bond donors (Lipinski definition) is 2. The van der Waals surface area contributed by atoms with Gasteiger partial charge in [0.25, 0.3) is 5.78 Å². The number of carboxylic acids is 1. The largest absolute Gasteiger partial charge is 0.479 e. The molecule has 1 atom stereocenters. The van der Waals surface area contributed by atoms with Crippen LogP contribution in [0.15, 0.2) is 0 Å². The zero-order chi connectivity index (χ0) is 9.72. The van der Waals surface area contributed by atoms with Gasteiger partial charge in [0.1, 0.15) is 0 Å². The number of carboxylic acid groups (broad SMARTS) is 1. The van der Waals surface area contributed by atoms with Crippen molar-refractivity contribution in [3.63, 3.8) is 0 Å². The fraction of sp³-hybridized carbons (Fsp3) is 0.400. The van der Waals surface area contributed by atoms with Crippen LogP contribution >= 0.6 is 0 Å². The minimum absolute atomic E-state index is 0.957. The second kappa shape index (κ2) is 4.42. The number of ketones is 1. The molecular weight excluding hydrogens is 172 g/mol. The molecule has 0 rings (SSSR count). The predicted octanol–water partition coefficient (Wildman–Crippen LogP) is -1.89. The number of hydrogen-bond acceptors (Lipinski definition) is 6. The highest BCUT2D eigenvalue weighted by Crippen LogP contribution is 1.90. The smallest absolute Gasteiger partial charge is 0.411 e. The van der Waals surface area contributed by atoms with E-state index in [9.17, 15) is 14.4 Å². The number of aliphatic carboxylic acids is 1. The highest BCUT2D eigenvalue weighted by atomic mass is 17.2. The van der Waals surface area contributed by atoms with Crippen molar-refractivity contribution in [2.75, 3.05) is 7.11 Å². The fourth-order valence-electron chi connectivity index (χ4n) is 0.341. The molecule has 1 unspecified atom stereocenters. The Morgan fingerprint density at radius 1 is 1.33 bits per heavy atom. The number of carbonyl (C=O) groups is 3. The third-order valence-electron chi connectivity index (χ3n) is 0.842. The average molecular weight is 178 g/mol. The van der Waals surface area contributed by atoms with Gasteiger partial charge in [0.2, 0.25) is 6.10 Å². The summed E-state index contributed by atoms with van der Waals surface area (Å²) in [4.78, 5) is 38.2. The van der Waals surface area contributed by atoms with E-state index in [1.807, 2.05) is 0 Å². The monoisotopic (exact) mass is 178 g/mol. The number of aliphatic hydroxyl groups is 1. The highest BCUT2D eigenvalue weighted by Gasteiger charge is 2.31. The van der Waals surface area contributed by atoms with Crippen molar-refractivity contribution >= 4 is 17.7 Å². The van der Waals surface area contributed by atoms with Gasteiger partial charge in [-0.15, -0.1) is 0 Å². The first-order valence-electron chi connectivity index (χ1n) is 2.70. The standard InChI is InChI=1S/C5H6O7/c1-11-12-5(10)3(7)2(6)4(8)9/h2,6H,1H3,(H,8,9). The number of rotatable bonds is 4. The summed E-state index contributed by atoms with van der Waals surface area (Å²) in [5.41, 5.74) is 0. The lowest BCUT2D eigenvalue weighted by Gasteiger charge is -2.01. The fourth-order valence-corrected chi connectivity index (χ4v) is 0.341. The zero-order valence-corrected chi connectivity index (χ0v) is 6.01. The van der Waals surface area contributed by atoms with Gasteiger partial charge in [-0.05, 0) is 0 Å². The van der Waals surface area contributed by atoms with Crippen molar-refractivity contribution in [3.8, 4) is 0 Å². The van der Waals surface area contributed by atoms with Crippen LogP contribution in [-0.4, -0.2) is 41.1 Å². The number of carbonyl (C=O) groups excluding carboxylic acids is 2. The van der Waals surface area contributed by atoms with Gasteiger partial charge in [0, 0.05) is 0 Å². The number of aliphatic hydroxyl groups excluding tert-OH is 1. The van der Waals surface area contributed by atoms with Gasteiger partial charge in [-0.1, -0.05) is 0 Å². The van der Waals surface area contributed by atoms with Gasteiger partial charge in [-0.2, -0.15) is 4.89 Å². The van der Waals surface area contributed by atoms with E-state index >= 15 is 0 Å². The molecule has 0 aliphatic rings. The van der Waals surface area contributed by atoms with Gasteiger partial charge in [0.05, 0.1) is 7.11 Å². The molecule has 0 saturated heterocycles. The van der Waals surface area contributed by atoms with Crippen LogP contribution in [0.4, 0.5) is 0 Å². The lowest BCUT2D eigenvalue weighted by atomic mass is 10.2. The lowest BCUT2D eigenvalue weighted by Crippen LogP contribution is -2.36. The average Bonchev–Trinajstić information content (AvgIpc) is 2.02. The van der Waals surface area contributed by atoms with Gasteiger partial charge >= 0.3 is 11.9 Å². The third-order valence-corrected chi connectivity index (χ3v) is 0.842. The first-order chi connectivity index (χ1) is 5.50. The molecule has 7 nitrogen and oxygen atoms in total. The van der Waals surface area contributed by atoms with Crippen LogP contribution in [0.3, 0.4) is 0 Å². The maximum absolute atomic E-state index is 10.5. The summed E-state index contributed by atoms with van der Waals surface area (Å²) in [5, 5.41) is 16.5. The molecule has 0 aromatic heterocycles. The summed E-state index contributed by atoms with van der Waals surface area (Å²) in [6.45, 7) is 0. The zero-order valence-electron chi connectivity index (χ0n) is 6.01. The van der Waals surface area contributed by atoms with Crippen LogP contribution in [0.2, 0.25) is 0 Å². The van der Waals surface area contributed by atoms with Crippen LogP contribution in [0.25, 0.3) is 0 Å². The van der Waals surface area contributed by atoms with Crippen molar-refractivity contribution in [2.45, 2.75) is 6.10 Å². The molecule has 0 aliphatic heterocycles. The summed E-state index contributed by atoms with van der Waals surface area (Å²) >= 11 is 0. The molecule has 0 aromatic rings. The van der Waals surface area contributed by atoms with E-state index in [0.29, 0.717) is 0 Å². The molecule has 7 heteroatoms. The Labute approximate surface area is 66.4 Å². The Kier molecular flexibility index (Phi) is 3.88. The normalized spacial score (nSPS) is 11.8. The maximum atomic E-state index is 10.5. The minimum Gasteiger partial charge on any atom is -0.479 e. The molecule has 0 heterocycles. The summed E-state index contributed by atoms with van der Waals surface area (Å²) < 4.78 is 0. The van der Waals surface area contributed by atoms with Crippen molar-refractivity contribution in [3.05, 3.63) is 0 Å². The second-order valence-corrected chi connectivity index (χ2v) is 1.64. The highest BCUT2D eigenvalue weighted by molar-refractivity contribution is 6.38. The van der Waals surface area contributed by atoms with E-state index in [4.69, 9.17) is 10.2 Å². The van der Waals surface area contributed by atoms with Gasteiger partial charge < -0.3 is 10.2 Å². The Balaban J connectivity index is 4.19. The number of Topliss-reactive ketones (excluding diaryl/α,β-unsaturated/α-hetero) is 1. The molecule has 0 saturated carbocycles. The summed E-state index contributed by atoms with van der Waals surface area (Å²) in [7, 11) is 0.957. The molecule has 0 aromatic carbocycles. The minimum atomic E-state index is -2.41. The topological polar surface area (TPSA) is 110 Å². The van der Waals surface area contributed by atoms with Crippen LogP contribution in [0.5, 0.6) is 0 Å². The Morgan fingerprint density at radius 2 is 1.83 bits per heavy atom. The van der Waals surface area contributed by atoms with Crippen LogP contribution < -0.4 is 0 Å². The van der Waals surface area contributed by atoms with E-state index in [1.54, 1.807) is 0 Å². The second-order valence-electron chi connectivity index (χ2n) is 1.64. The molecule has 0 fully saturated rings. The molecule has 0 amide bonds. The van der Waals surface area contributed by atoms with Crippen LogP contribution in [0.1, 0.15) is 0 Å². The molecule has 2 N–H and O–H groups in total. The summed E-state index contributed by atoms with van der Waals surface area (Å²) in [6, 6.07) is 0. The Bertz CT molecular complexity index is 208. The summed E-state index contributed by atoms with van der Waals surface area (Å²) in [6.07, 6.45) is -2.41. The van der Waals surface area contributed by atoms with E-state index in [0.717, 1.165) is 7.11 Å². The first-order valence-corrected chi connectivity index (χ1v) is 2.70. The van der Waals surface area contributed by atoms with Crippen LogP contribution in [-0.2, 0) is 24.2 Å². The lowest BCUT2D eigenvalue weighted by molar-refractivity contribution is -0.253. The van der Waals surface area contributed by atoms with E-state index < -0.39 is 23.8 Å². The summed E-state index contributed by atoms with van der Waals surface area (Å²) in [5.74, 6) is -4.98. The predicted molar refractivity (Wildman–Crippen MR) is 31.8 cm³/mol. The van der Waals surface area contributed by atoms with Gasteiger partial charge in [-0.3, -0.25) is 9.68 Å². The molecule has 0 spiro atoms. The molecular formula is C5H6O7. The SMILES string of the molecule is COOC(=O)C(=O)C(O)C(=O)O.